The zero-order chi connectivity index (χ0) is 17.1. The number of sulfonamides is 1. The van der Waals surface area contributed by atoms with Crippen LogP contribution in [0.25, 0.3) is 0 Å². The van der Waals surface area contributed by atoms with Crippen LogP contribution in [-0.4, -0.2) is 39.6 Å². The fraction of sp³-hybridized carbons (Fsp3) is 0.500. The van der Waals surface area contributed by atoms with Crippen molar-refractivity contribution in [3.05, 3.63) is 22.7 Å². The van der Waals surface area contributed by atoms with Crippen LogP contribution in [0.5, 0.6) is 0 Å². The molecule has 22 heavy (non-hydrogen) atoms. The van der Waals surface area contributed by atoms with Gasteiger partial charge in [0.2, 0.25) is 10.0 Å². The summed E-state index contributed by atoms with van der Waals surface area (Å²) in [6, 6.07) is 3.74. The second-order valence-corrected chi connectivity index (χ2v) is 7.87. The molecular formula is C14H21BrN2O4S. The zero-order valence-corrected chi connectivity index (χ0v) is 15.4. The van der Waals surface area contributed by atoms with E-state index in [1.165, 1.54) is 6.07 Å². The summed E-state index contributed by atoms with van der Waals surface area (Å²) in [4.78, 5) is 13.1. The maximum atomic E-state index is 12.5. The molecule has 0 bridgehead atoms. The number of hydrogen-bond donors (Lipinski definition) is 2. The smallest absolute Gasteiger partial charge is 0.322 e. The first kappa shape index (κ1) is 18.9. The average Bonchev–Trinajstić information content (AvgIpc) is 2.43. The lowest BCUT2D eigenvalue weighted by Gasteiger charge is -2.21. The third-order valence-corrected chi connectivity index (χ3v) is 5.92. The Balaban J connectivity index is 3.23. The summed E-state index contributed by atoms with van der Waals surface area (Å²) in [5.41, 5.74) is 0.707. The average molecular weight is 393 g/mol. The molecule has 124 valence electrons. The lowest BCUT2D eigenvalue weighted by Crippen LogP contribution is -2.45. The number of nitrogens with one attached hydrogen (secondary N) is 1. The fourth-order valence-corrected chi connectivity index (χ4v) is 4.13. The van der Waals surface area contributed by atoms with Gasteiger partial charge in [-0.25, -0.2) is 8.42 Å². The summed E-state index contributed by atoms with van der Waals surface area (Å²) < 4.78 is 27.8. The molecule has 0 radical (unpaired) electrons. The molecule has 0 amide bonds. The lowest BCUT2D eigenvalue weighted by atomic mass is 10.0. The standard InChI is InChI=1S/C14H21BrN2O4S/c1-5-9(2)13(14(18)19)16-22(20,21)12-8-10(17(3)4)6-7-11(12)15/h6-9,13,16H,5H2,1-4H3,(H,18,19)/t9-,13-/m0/s1. The molecule has 0 aliphatic heterocycles. The van der Waals surface area contributed by atoms with E-state index in [2.05, 4.69) is 20.7 Å². The van der Waals surface area contributed by atoms with Gasteiger partial charge in [0.1, 0.15) is 6.04 Å². The van der Waals surface area contributed by atoms with Crippen molar-refractivity contribution in [1.29, 1.82) is 0 Å². The van der Waals surface area contributed by atoms with Crippen molar-refractivity contribution in [2.24, 2.45) is 5.92 Å². The molecule has 2 atom stereocenters. The summed E-state index contributed by atoms with van der Waals surface area (Å²) >= 11 is 3.21. The van der Waals surface area contributed by atoms with E-state index in [-0.39, 0.29) is 10.8 Å². The van der Waals surface area contributed by atoms with Gasteiger partial charge in [0.15, 0.2) is 0 Å². The topological polar surface area (TPSA) is 86.7 Å². The van der Waals surface area contributed by atoms with Crippen molar-refractivity contribution >= 4 is 37.6 Å². The largest absolute Gasteiger partial charge is 0.480 e. The monoisotopic (exact) mass is 392 g/mol. The van der Waals surface area contributed by atoms with Crippen molar-refractivity contribution < 1.29 is 18.3 Å². The first-order chi connectivity index (χ1) is 10.1. The number of carbonyl (C=O) groups is 1. The predicted octanol–water partition coefficient (Wildman–Crippen LogP) is 2.29. The summed E-state index contributed by atoms with van der Waals surface area (Å²) in [7, 11) is -0.355. The van der Waals surface area contributed by atoms with Gasteiger partial charge in [-0.05, 0) is 40.0 Å². The van der Waals surface area contributed by atoms with Gasteiger partial charge >= 0.3 is 5.97 Å². The van der Waals surface area contributed by atoms with Crippen LogP contribution < -0.4 is 9.62 Å². The van der Waals surface area contributed by atoms with Gasteiger partial charge in [0, 0.05) is 24.3 Å². The number of carboxylic acids is 1. The van der Waals surface area contributed by atoms with Gasteiger partial charge in [0.05, 0.1) is 4.90 Å². The Morgan fingerprint density at radius 3 is 2.45 bits per heavy atom. The fourth-order valence-electron chi connectivity index (χ4n) is 1.85. The van der Waals surface area contributed by atoms with E-state index in [4.69, 9.17) is 0 Å². The Morgan fingerprint density at radius 2 is 2.00 bits per heavy atom. The normalized spacial score (nSPS) is 14.4. The number of anilines is 1. The highest BCUT2D eigenvalue weighted by Crippen LogP contribution is 2.27. The number of hydrogen-bond acceptors (Lipinski definition) is 4. The Hall–Kier alpha value is -1.12. The highest BCUT2D eigenvalue weighted by Gasteiger charge is 2.30. The molecule has 0 saturated carbocycles. The maximum absolute atomic E-state index is 12.5. The van der Waals surface area contributed by atoms with Crippen LogP contribution in [0.2, 0.25) is 0 Å². The van der Waals surface area contributed by atoms with E-state index in [0.29, 0.717) is 16.6 Å². The lowest BCUT2D eigenvalue weighted by molar-refractivity contribution is -0.140. The van der Waals surface area contributed by atoms with Gasteiger partial charge < -0.3 is 10.0 Å². The van der Waals surface area contributed by atoms with Gasteiger partial charge in [-0.15, -0.1) is 0 Å². The molecular weight excluding hydrogens is 372 g/mol. The minimum atomic E-state index is -3.95. The molecule has 8 heteroatoms. The van der Waals surface area contributed by atoms with E-state index >= 15 is 0 Å². The molecule has 6 nitrogen and oxygen atoms in total. The zero-order valence-electron chi connectivity index (χ0n) is 13.0. The molecule has 1 rings (SSSR count). The summed E-state index contributed by atoms with van der Waals surface area (Å²) in [5.74, 6) is -1.50. The van der Waals surface area contributed by atoms with E-state index < -0.39 is 22.0 Å². The van der Waals surface area contributed by atoms with Crippen LogP contribution in [0.1, 0.15) is 20.3 Å². The summed E-state index contributed by atoms with van der Waals surface area (Å²) in [6.45, 7) is 3.52. The van der Waals surface area contributed by atoms with Gasteiger partial charge in [-0.2, -0.15) is 4.72 Å². The first-order valence-corrected chi connectivity index (χ1v) is 9.09. The van der Waals surface area contributed by atoms with E-state index in [0.717, 1.165) is 0 Å². The SMILES string of the molecule is CC[C@H](C)[C@H](NS(=O)(=O)c1cc(N(C)C)ccc1Br)C(=O)O. The molecule has 0 spiro atoms. The van der Waals surface area contributed by atoms with Crippen molar-refractivity contribution in [1.82, 2.24) is 4.72 Å². The minimum absolute atomic E-state index is 0.0215. The summed E-state index contributed by atoms with van der Waals surface area (Å²) in [5, 5.41) is 9.25. The maximum Gasteiger partial charge on any atom is 0.322 e. The third-order valence-electron chi connectivity index (χ3n) is 3.48. The van der Waals surface area contributed by atoms with Gasteiger partial charge in [-0.1, -0.05) is 20.3 Å². The quantitative estimate of drug-likeness (QED) is 0.743. The highest BCUT2D eigenvalue weighted by atomic mass is 79.9. The molecule has 0 unspecified atom stereocenters. The second kappa shape index (κ2) is 7.43. The Morgan fingerprint density at radius 1 is 1.41 bits per heavy atom. The predicted molar refractivity (Wildman–Crippen MR) is 89.7 cm³/mol. The van der Waals surface area contributed by atoms with Crippen LogP contribution in [0.3, 0.4) is 0 Å². The molecule has 1 aromatic rings. The number of aliphatic carboxylic acids is 1. The third kappa shape index (κ3) is 4.44. The molecule has 2 N–H and O–H groups in total. The molecule has 0 saturated heterocycles. The van der Waals surface area contributed by atoms with Crippen molar-refractivity contribution in [2.75, 3.05) is 19.0 Å². The second-order valence-electron chi connectivity index (χ2n) is 5.33. The Bertz CT molecular complexity index is 646. The van der Waals surface area contributed by atoms with Crippen LogP contribution in [0.4, 0.5) is 5.69 Å². The van der Waals surface area contributed by atoms with Crippen LogP contribution in [0, 0.1) is 5.92 Å². The van der Waals surface area contributed by atoms with Gasteiger partial charge in [0.25, 0.3) is 0 Å². The van der Waals surface area contributed by atoms with Gasteiger partial charge in [-0.3, -0.25) is 4.79 Å². The molecule has 0 aliphatic carbocycles. The van der Waals surface area contributed by atoms with Crippen molar-refractivity contribution in [3.63, 3.8) is 0 Å². The molecule has 0 heterocycles. The van der Waals surface area contributed by atoms with E-state index in [9.17, 15) is 18.3 Å². The minimum Gasteiger partial charge on any atom is -0.480 e. The molecule has 1 aromatic carbocycles. The molecule has 0 aliphatic rings. The van der Waals surface area contributed by atoms with Crippen molar-refractivity contribution in [3.8, 4) is 0 Å². The van der Waals surface area contributed by atoms with E-state index in [1.54, 1.807) is 38.1 Å². The number of rotatable bonds is 7. The number of carboxylic acid groups (broad SMARTS) is 1. The Labute approximate surface area is 139 Å². The first-order valence-electron chi connectivity index (χ1n) is 6.82. The molecule has 0 fully saturated rings. The van der Waals surface area contributed by atoms with Crippen LogP contribution in [0.15, 0.2) is 27.6 Å². The number of nitrogens with zero attached hydrogens (tertiary/aromatic N) is 1. The molecule has 0 aromatic heterocycles. The van der Waals surface area contributed by atoms with E-state index in [1.807, 2.05) is 6.92 Å². The Kier molecular flexibility index (Phi) is 6.39. The number of benzene rings is 1. The summed E-state index contributed by atoms with van der Waals surface area (Å²) in [6.07, 6.45) is 0.554. The highest BCUT2D eigenvalue weighted by molar-refractivity contribution is 9.10. The van der Waals surface area contributed by atoms with Crippen molar-refractivity contribution in [2.45, 2.75) is 31.2 Å². The van der Waals surface area contributed by atoms with Crippen LogP contribution in [-0.2, 0) is 14.8 Å². The van der Waals surface area contributed by atoms with Crippen LogP contribution >= 0.6 is 15.9 Å². The number of halogens is 1.